The molecule has 0 radical (unpaired) electrons. The molecule has 0 saturated carbocycles. The molecule has 0 rings (SSSR count). The second-order valence-electron chi connectivity index (χ2n) is 4.70. The zero-order chi connectivity index (χ0) is 11.8. The molecular formula is C13H27NO. The first-order valence-electron chi connectivity index (χ1n) is 6.29. The van der Waals surface area contributed by atoms with E-state index in [-0.39, 0.29) is 5.92 Å². The van der Waals surface area contributed by atoms with Gasteiger partial charge in [-0.1, -0.05) is 34.1 Å². The summed E-state index contributed by atoms with van der Waals surface area (Å²) < 4.78 is 0. The summed E-state index contributed by atoms with van der Waals surface area (Å²) in [7, 11) is 0. The predicted molar refractivity (Wildman–Crippen MR) is 66.1 cm³/mol. The molecule has 1 atom stereocenters. The number of hydrogen-bond donors (Lipinski definition) is 0. The van der Waals surface area contributed by atoms with E-state index in [1.165, 1.54) is 12.8 Å². The van der Waals surface area contributed by atoms with E-state index < -0.39 is 0 Å². The Labute approximate surface area is 95.0 Å². The number of hydrogen-bond acceptors (Lipinski definition) is 2. The van der Waals surface area contributed by atoms with Crippen molar-refractivity contribution in [3.05, 3.63) is 0 Å². The van der Waals surface area contributed by atoms with Crippen LogP contribution < -0.4 is 0 Å². The third-order valence-corrected chi connectivity index (χ3v) is 3.02. The highest BCUT2D eigenvalue weighted by molar-refractivity contribution is 5.82. The van der Waals surface area contributed by atoms with E-state index in [2.05, 4.69) is 25.7 Å². The van der Waals surface area contributed by atoms with Gasteiger partial charge in [0.25, 0.3) is 0 Å². The monoisotopic (exact) mass is 213 g/mol. The van der Waals surface area contributed by atoms with Crippen molar-refractivity contribution >= 4 is 5.78 Å². The molecule has 15 heavy (non-hydrogen) atoms. The Morgan fingerprint density at radius 1 is 1.20 bits per heavy atom. The zero-order valence-electron chi connectivity index (χ0n) is 11.0. The number of Topliss-reactive ketones (excluding diaryl/α,β-unsaturated/α-hetero) is 1. The zero-order valence-corrected chi connectivity index (χ0v) is 11.0. The number of ketones is 1. The van der Waals surface area contributed by atoms with Crippen molar-refractivity contribution in [1.82, 2.24) is 4.90 Å². The van der Waals surface area contributed by atoms with Crippen LogP contribution in [0.3, 0.4) is 0 Å². The minimum absolute atomic E-state index is 0.165. The van der Waals surface area contributed by atoms with Crippen LogP contribution in [0.2, 0.25) is 0 Å². The molecule has 0 aliphatic heterocycles. The van der Waals surface area contributed by atoms with Crippen LogP contribution >= 0.6 is 0 Å². The molecule has 0 saturated heterocycles. The van der Waals surface area contributed by atoms with Crippen LogP contribution in [0.25, 0.3) is 0 Å². The topological polar surface area (TPSA) is 20.3 Å². The summed E-state index contributed by atoms with van der Waals surface area (Å²) in [6.45, 7) is 12.2. The number of unbranched alkanes of at least 4 members (excludes halogenated alkanes) is 1. The molecule has 0 heterocycles. The van der Waals surface area contributed by atoms with Crippen molar-refractivity contribution in [2.75, 3.05) is 13.1 Å². The lowest BCUT2D eigenvalue weighted by Gasteiger charge is -2.28. The first-order chi connectivity index (χ1) is 7.02. The van der Waals surface area contributed by atoms with E-state index in [0.29, 0.717) is 18.4 Å². The minimum atomic E-state index is 0.165. The van der Waals surface area contributed by atoms with Gasteiger partial charge in [-0.15, -0.1) is 0 Å². The highest BCUT2D eigenvalue weighted by Crippen LogP contribution is 2.07. The van der Waals surface area contributed by atoms with Gasteiger partial charge in [-0.2, -0.15) is 0 Å². The summed E-state index contributed by atoms with van der Waals surface area (Å²) in [4.78, 5) is 14.0. The van der Waals surface area contributed by atoms with Gasteiger partial charge in [-0.25, -0.2) is 0 Å². The Kier molecular flexibility index (Phi) is 7.67. The highest BCUT2D eigenvalue weighted by atomic mass is 16.1. The highest BCUT2D eigenvalue weighted by Gasteiger charge is 2.16. The van der Waals surface area contributed by atoms with Gasteiger partial charge >= 0.3 is 0 Å². The van der Waals surface area contributed by atoms with E-state index in [9.17, 15) is 4.79 Å². The molecule has 0 amide bonds. The number of rotatable bonds is 8. The predicted octanol–water partition coefficient (Wildman–Crippen LogP) is 3.11. The van der Waals surface area contributed by atoms with Crippen LogP contribution in [0, 0.1) is 5.92 Å². The van der Waals surface area contributed by atoms with Crippen LogP contribution in [0.1, 0.15) is 53.9 Å². The summed E-state index contributed by atoms with van der Waals surface area (Å²) in [6, 6.07) is 0.527. The fourth-order valence-corrected chi connectivity index (χ4v) is 1.46. The van der Waals surface area contributed by atoms with Crippen molar-refractivity contribution in [2.24, 2.45) is 5.92 Å². The van der Waals surface area contributed by atoms with Gasteiger partial charge in [-0.05, 0) is 26.3 Å². The standard InChI is InChI=1S/C13H27NO/c1-6-8-9-14(12(5)7-2)10-13(15)11(3)4/h11-12H,6-10H2,1-5H3. The first-order valence-corrected chi connectivity index (χ1v) is 6.29. The second-order valence-corrected chi connectivity index (χ2v) is 4.70. The Morgan fingerprint density at radius 3 is 2.20 bits per heavy atom. The Balaban J connectivity index is 4.17. The molecule has 0 aromatic heterocycles. The molecule has 2 heteroatoms. The van der Waals surface area contributed by atoms with Crippen LogP contribution in [-0.4, -0.2) is 29.8 Å². The van der Waals surface area contributed by atoms with E-state index in [1.54, 1.807) is 0 Å². The molecule has 0 aromatic rings. The molecule has 0 aliphatic rings. The lowest BCUT2D eigenvalue weighted by atomic mass is 10.1. The van der Waals surface area contributed by atoms with Gasteiger partial charge in [0.1, 0.15) is 5.78 Å². The number of nitrogens with zero attached hydrogens (tertiary/aromatic N) is 1. The average Bonchev–Trinajstić information content (AvgIpc) is 2.22. The Hall–Kier alpha value is -0.370. The van der Waals surface area contributed by atoms with E-state index in [4.69, 9.17) is 0 Å². The normalized spacial score (nSPS) is 13.5. The molecule has 0 spiro atoms. The van der Waals surface area contributed by atoms with E-state index in [1.807, 2.05) is 13.8 Å². The summed E-state index contributed by atoms with van der Waals surface area (Å²) in [6.07, 6.45) is 3.51. The first kappa shape index (κ1) is 14.6. The average molecular weight is 213 g/mol. The van der Waals surface area contributed by atoms with Crippen molar-refractivity contribution in [1.29, 1.82) is 0 Å². The van der Waals surface area contributed by atoms with Crippen molar-refractivity contribution in [2.45, 2.75) is 59.9 Å². The molecule has 0 aromatic carbocycles. The Morgan fingerprint density at radius 2 is 1.80 bits per heavy atom. The molecule has 0 aliphatic carbocycles. The van der Waals surface area contributed by atoms with Crippen molar-refractivity contribution in [3.8, 4) is 0 Å². The molecule has 0 fully saturated rings. The SMILES string of the molecule is CCCCN(CC(=O)C(C)C)C(C)CC. The van der Waals surface area contributed by atoms with E-state index in [0.717, 1.165) is 13.0 Å². The fourth-order valence-electron chi connectivity index (χ4n) is 1.46. The summed E-state index contributed by atoms with van der Waals surface area (Å²) in [5.41, 5.74) is 0. The summed E-state index contributed by atoms with van der Waals surface area (Å²) in [5, 5.41) is 0. The number of carbonyl (C=O) groups is 1. The van der Waals surface area contributed by atoms with Crippen LogP contribution in [0.15, 0.2) is 0 Å². The maximum atomic E-state index is 11.7. The fraction of sp³-hybridized carbons (Fsp3) is 0.923. The van der Waals surface area contributed by atoms with Crippen LogP contribution in [-0.2, 0) is 4.79 Å². The van der Waals surface area contributed by atoms with Crippen LogP contribution in [0.4, 0.5) is 0 Å². The summed E-state index contributed by atoms with van der Waals surface area (Å²) >= 11 is 0. The smallest absolute Gasteiger partial charge is 0.149 e. The minimum Gasteiger partial charge on any atom is -0.298 e. The molecule has 0 N–H and O–H groups in total. The van der Waals surface area contributed by atoms with Gasteiger partial charge in [0.15, 0.2) is 0 Å². The molecule has 2 nitrogen and oxygen atoms in total. The third-order valence-electron chi connectivity index (χ3n) is 3.02. The largest absolute Gasteiger partial charge is 0.298 e. The van der Waals surface area contributed by atoms with Gasteiger partial charge in [0.2, 0.25) is 0 Å². The van der Waals surface area contributed by atoms with Gasteiger partial charge in [0.05, 0.1) is 6.54 Å². The van der Waals surface area contributed by atoms with Crippen LogP contribution in [0.5, 0.6) is 0 Å². The lowest BCUT2D eigenvalue weighted by Crippen LogP contribution is -2.39. The Bertz CT molecular complexity index is 177. The van der Waals surface area contributed by atoms with Gasteiger partial charge in [0, 0.05) is 12.0 Å². The van der Waals surface area contributed by atoms with Crippen molar-refractivity contribution in [3.63, 3.8) is 0 Å². The molecule has 0 bridgehead atoms. The quantitative estimate of drug-likeness (QED) is 0.617. The maximum absolute atomic E-state index is 11.7. The van der Waals surface area contributed by atoms with Gasteiger partial charge < -0.3 is 0 Å². The molecule has 90 valence electrons. The molecule has 1 unspecified atom stereocenters. The van der Waals surface area contributed by atoms with Gasteiger partial charge in [-0.3, -0.25) is 9.69 Å². The molecular weight excluding hydrogens is 186 g/mol. The second kappa shape index (κ2) is 7.86. The lowest BCUT2D eigenvalue weighted by molar-refractivity contribution is -0.123. The van der Waals surface area contributed by atoms with Crippen molar-refractivity contribution < 1.29 is 4.79 Å². The number of carbonyl (C=O) groups excluding carboxylic acids is 1. The third kappa shape index (κ3) is 5.93. The van der Waals surface area contributed by atoms with E-state index >= 15 is 0 Å². The maximum Gasteiger partial charge on any atom is 0.149 e. The summed E-state index contributed by atoms with van der Waals surface area (Å²) in [5.74, 6) is 0.532.